The van der Waals surface area contributed by atoms with E-state index < -0.39 is 0 Å². The van der Waals surface area contributed by atoms with Crippen LogP contribution in [-0.4, -0.2) is 33.3 Å². The van der Waals surface area contributed by atoms with Crippen molar-refractivity contribution in [2.24, 2.45) is 11.8 Å². The fourth-order valence-corrected chi connectivity index (χ4v) is 2.77. The summed E-state index contributed by atoms with van der Waals surface area (Å²) in [6.45, 7) is 3.97. The predicted molar refractivity (Wildman–Crippen MR) is 84.1 cm³/mol. The monoisotopic (exact) mass is 307 g/mol. The fraction of sp³-hybridized carbons (Fsp3) is 0.588. The Hall–Kier alpha value is -1.75. The number of rotatable bonds is 6. The number of hydrogen-bond donors (Lipinski definition) is 1. The number of nitrogens with one attached hydrogen (secondary N) is 1. The first-order valence-corrected chi connectivity index (χ1v) is 7.72. The van der Waals surface area contributed by atoms with Crippen molar-refractivity contribution in [1.29, 1.82) is 0 Å². The van der Waals surface area contributed by atoms with Crippen LogP contribution in [0.5, 0.6) is 11.5 Å². The van der Waals surface area contributed by atoms with Gasteiger partial charge in [-0.15, -0.1) is 0 Å². The summed E-state index contributed by atoms with van der Waals surface area (Å²) in [5.41, 5.74) is 0.941. The lowest BCUT2D eigenvalue weighted by Crippen LogP contribution is -2.35. The molecular weight excluding hydrogens is 282 g/mol. The van der Waals surface area contributed by atoms with Gasteiger partial charge in [0.2, 0.25) is 5.91 Å². The quantitative estimate of drug-likeness (QED) is 0.876. The summed E-state index contributed by atoms with van der Waals surface area (Å²) >= 11 is 0. The minimum atomic E-state index is 0.00754. The van der Waals surface area contributed by atoms with Crippen molar-refractivity contribution in [3.63, 3.8) is 0 Å². The third-order valence-electron chi connectivity index (χ3n) is 4.33. The van der Waals surface area contributed by atoms with Gasteiger partial charge in [0, 0.05) is 37.3 Å². The highest BCUT2D eigenvalue weighted by atomic mass is 16.5. The molecule has 1 saturated heterocycles. The Morgan fingerprint density at radius 3 is 2.68 bits per heavy atom. The molecule has 1 amide bonds. The first kappa shape index (κ1) is 16.6. The molecule has 22 heavy (non-hydrogen) atoms. The Kier molecular flexibility index (Phi) is 6.07. The second-order valence-corrected chi connectivity index (χ2v) is 5.63. The predicted octanol–water partition coefficient (Wildman–Crippen LogP) is 2.38. The van der Waals surface area contributed by atoms with Gasteiger partial charge in [-0.3, -0.25) is 4.79 Å². The van der Waals surface area contributed by atoms with Crippen LogP contribution >= 0.6 is 0 Å². The first-order valence-electron chi connectivity index (χ1n) is 7.72. The van der Waals surface area contributed by atoms with E-state index in [1.807, 2.05) is 25.1 Å². The Labute approximate surface area is 131 Å². The van der Waals surface area contributed by atoms with Crippen LogP contribution in [0.3, 0.4) is 0 Å². The lowest BCUT2D eigenvalue weighted by atomic mass is 9.87. The summed E-state index contributed by atoms with van der Waals surface area (Å²) in [4.78, 5) is 12.3. The molecule has 1 N–H and O–H groups in total. The van der Waals surface area contributed by atoms with Gasteiger partial charge in [-0.1, -0.05) is 6.92 Å². The van der Waals surface area contributed by atoms with Gasteiger partial charge in [-0.25, -0.2) is 0 Å². The maximum atomic E-state index is 12.3. The smallest absolute Gasteiger partial charge is 0.223 e. The molecule has 2 rings (SSSR count). The normalized spacial score (nSPS) is 16.9. The van der Waals surface area contributed by atoms with Crippen LogP contribution in [0.15, 0.2) is 18.2 Å². The Morgan fingerprint density at radius 2 is 2.05 bits per heavy atom. The highest BCUT2D eigenvalue weighted by molar-refractivity contribution is 5.78. The number of ether oxygens (including phenoxy) is 3. The number of methoxy groups -OCH3 is 2. The molecule has 0 radical (unpaired) electrons. The Bertz CT molecular complexity index is 497. The van der Waals surface area contributed by atoms with Crippen molar-refractivity contribution < 1.29 is 19.0 Å². The van der Waals surface area contributed by atoms with Gasteiger partial charge in [0.25, 0.3) is 0 Å². The molecule has 1 aromatic carbocycles. The van der Waals surface area contributed by atoms with Crippen molar-refractivity contribution in [2.75, 3.05) is 27.4 Å². The maximum Gasteiger partial charge on any atom is 0.223 e. The van der Waals surface area contributed by atoms with Crippen molar-refractivity contribution in [3.8, 4) is 11.5 Å². The van der Waals surface area contributed by atoms with E-state index in [1.165, 1.54) is 0 Å². The summed E-state index contributed by atoms with van der Waals surface area (Å²) in [6, 6.07) is 5.60. The zero-order valence-corrected chi connectivity index (χ0v) is 13.6. The molecule has 5 nitrogen and oxygen atoms in total. The Balaban J connectivity index is 1.92. The van der Waals surface area contributed by atoms with Crippen molar-refractivity contribution >= 4 is 5.91 Å². The van der Waals surface area contributed by atoms with Gasteiger partial charge in [-0.05, 0) is 30.9 Å². The zero-order valence-electron chi connectivity index (χ0n) is 13.6. The molecule has 1 aromatic rings. The summed E-state index contributed by atoms with van der Waals surface area (Å²) in [5, 5.41) is 3.01. The van der Waals surface area contributed by atoms with Gasteiger partial charge in [0.05, 0.1) is 14.2 Å². The summed E-state index contributed by atoms with van der Waals surface area (Å²) in [7, 11) is 3.23. The second-order valence-electron chi connectivity index (χ2n) is 5.63. The number of hydrogen-bond acceptors (Lipinski definition) is 4. The maximum absolute atomic E-state index is 12.3. The topological polar surface area (TPSA) is 56.8 Å². The van der Waals surface area contributed by atoms with Gasteiger partial charge in [0.15, 0.2) is 0 Å². The minimum Gasteiger partial charge on any atom is -0.497 e. The number of amides is 1. The molecule has 0 spiro atoms. The molecule has 0 bridgehead atoms. The van der Waals surface area contributed by atoms with E-state index >= 15 is 0 Å². The average molecular weight is 307 g/mol. The van der Waals surface area contributed by atoms with E-state index in [1.54, 1.807) is 14.2 Å². The summed E-state index contributed by atoms with van der Waals surface area (Å²) in [5.74, 6) is 1.96. The molecule has 0 aliphatic carbocycles. The lowest BCUT2D eigenvalue weighted by Gasteiger charge is -2.27. The van der Waals surface area contributed by atoms with E-state index in [4.69, 9.17) is 14.2 Å². The van der Waals surface area contributed by atoms with Crippen LogP contribution in [0.1, 0.15) is 25.3 Å². The van der Waals surface area contributed by atoms with E-state index in [-0.39, 0.29) is 11.8 Å². The average Bonchev–Trinajstić information content (AvgIpc) is 2.59. The largest absolute Gasteiger partial charge is 0.497 e. The molecule has 1 aliphatic rings. The molecule has 1 unspecified atom stereocenters. The van der Waals surface area contributed by atoms with E-state index in [0.29, 0.717) is 12.5 Å². The molecule has 1 fully saturated rings. The first-order chi connectivity index (χ1) is 10.7. The van der Waals surface area contributed by atoms with Gasteiger partial charge in [-0.2, -0.15) is 0 Å². The third-order valence-corrected chi connectivity index (χ3v) is 4.33. The van der Waals surface area contributed by atoms with Crippen molar-refractivity contribution in [1.82, 2.24) is 5.32 Å². The van der Waals surface area contributed by atoms with Crippen LogP contribution in [-0.2, 0) is 16.1 Å². The van der Waals surface area contributed by atoms with Crippen molar-refractivity contribution in [3.05, 3.63) is 23.8 Å². The standard InChI is InChI=1S/C17H25NO4/c1-12(13-6-8-22-9-7-13)17(19)18-11-14-4-5-15(20-2)10-16(14)21-3/h4-5,10,12-13H,6-9,11H2,1-3H3,(H,18,19). The van der Waals surface area contributed by atoms with E-state index in [0.717, 1.165) is 43.1 Å². The Morgan fingerprint density at radius 1 is 1.32 bits per heavy atom. The molecule has 0 aromatic heterocycles. The SMILES string of the molecule is COc1ccc(CNC(=O)C(C)C2CCOCC2)c(OC)c1. The number of carbonyl (C=O) groups excluding carboxylic acids is 1. The number of carbonyl (C=O) groups is 1. The van der Waals surface area contributed by atoms with Crippen LogP contribution in [0.4, 0.5) is 0 Å². The summed E-state index contributed by atoms with van der Waals surface area (Å²) < 4.78 is 15.9. The fourth-order valence-electron chi connectivity index (χ4n) is 2.77. The zero-order chi connectivity index (χ0) is 15.9. The highest BCUT2D eigenvalue weighted by Crippen LogP contribution is 2.26. The van der Waals surface area contributed by atoms with Gasteiger partial charge in [0.1, 0.15) is 11.5 Å². The third kappa shape index (κ3) is 4.13. The molecular formula is C17H25NO4. The molecule has 5 heteroatoms. The van der Waals surface area contributed by atoms with E-state index in [2.05, 4.69) is 5.32 Å². The van der Waals surface area contributed by atoms with E-state index in [9.17, 15) is 4.79 Å². The van der Waals surface area contributed by atoms with Crippen LogP contribution < -0.4 is 14.8 Å². The molecule has 0 saturated carbocycles. The van der Waals surface area contributed by atoms with Crippen LogP contribution in [0.2, 0.25) is 0 Å². The van der Waals surface area contributed by atoms with Crippen LogP contribution in [0.25, 0.3) is 0 Å². The minimum absolute atomic E-state index is 0.00754. The van der Waals surface area contributed by atoms with Crippen LogP contribution in [0, 0.1) is 11.8 Å². The molecule has 1 aliphatic heterocycles. The second kappa shape index (κ2) is 8.03. The highest BCUT2D eigenvalue weighted by Gasteiger charge is 2.25. The molecule has 1 atom stereocenters. The van der Waals surface area contributed by atoms with Gasteiger partial charge < -0.3 is 19.5 Å². The molecule has 1 heterocycles. The lowest BCUT2D eigenvalue weighted by molar-refractivity contribution is -0.127. The summed E-state index contributed by atoms with van der Waals surface area (Å²) in [6.07, 6.45) is 1.92. The van der Waals surface area contributed by atoms with Crippen molar-refractivity contribution in [2.45, 2.75) is 26.3 Å². The molecule has 122 valence electrons. The number of benzene rings is 1. The van der Waals surface area contributed by atoms with Gasteiger partial charge >= 0.3 is 0 Å².